The van der Waals surface area contributed by atoms with Crippen LogP contribution in [0, 0.1) is 11.3 Å². The molecular formula is C21H20N2O5. The molecule has 0 unspecified atom stereocenters. The number of carbonyl (C=O) groups excluding carboxylic acids is 2. The van der Waals surface area contributed by atoms with Crippen LogP contribution in [0.15, 0.2) is 54.1 Å². The molecule has 0 atom stereocenters. The van der Waals surface area contributed by atoms with Crippen molar-refractivity contribution >= 4 is 23.6 Å². The third kappa shape index (κ3) is 5.88. The molecule has 2 aromatic rings. The number of para-hydroxylation sites is 2. The summed E-state index contributed by atoms with van der Waals surface area (Å²) in [5.74, 6) is -0.329. The Bertz CT molecular complexity index is 915. The van der Waals surface area contributed by atoms with Crippen molar-refractivity contribution in [2.75, 3.05) is 25.6 Å². The number of ether oxygens (including phenoxy) is 3. The summed E-state index contributed by atoms with van der Waals surface area (Å²) in [5, 5.41) is 11.8. The molecule has 2 aromatic carbocycles. The van der Waals surface area contributed by atoms with E-state index in [9.17, 15) is 14.9 Å². The molecule has 0 aliphatic rings. The molecule has 0 radical (unpaired) electrons. The first-order valence-electron chi connectivity index (χ1n) is 8.52. The molecule has 0 saturated carbocycles. The van der Waals surface area contributed by atoms with E-state index < -0.39 is 18.5 Å². The van der Waals surface area contributed by atoms with E-state index in [1.165, 1.54) is 13.2 Å². The monoisotopic (exact) mass is 380 g/mol. The number of carbonyl (C=O) groups is 2. The number of nitriles is 1. The van der Waals surface area contributed by atoms with Crippen LogP contribution < -0.4 is 14.8 Å². The topological polar surface area (TPSA) is 97.6 Å². The minimum absolute atomic E-state index is 0.226. The number of anilines is 1. The SMILES string of the molecule is CCOc1ccccc1NC(=O)COC(=O)/C(C#N)=C/c1cccc(OC)c1. The van der Waals surface area contributed by atoms with Crippen molar-refractivity contribution in [3.05, 3.63) is 59.7 Å². The molecule has 7 heteroatoms. The van der Waals surface area contributed by atoms with Crippen molar-refractivity contribution in [1.82, 2.24) is 0 Å². The fraction of sp³-hybridized carbons (Fsp3) is 0.190. The Hall–Kier alpha value is -3.79. The summed E-state index contributed by atoms with van der Waals surface area (Å²) in [7, 11) is 1.52. The molecule has 0 spiro atoms. The number of methoxy groups -OCH3 is 1. The van der Waals surface area contributed by atoms with Gasteiger partial charge in [-0.2, -0.15) is 5.26 Å². The van der Waals surface area contributed by atoms with Crippen LogP contribution in [-0.2, 0) is 14.3 Å². The predicted molar refractivity (Wildman–Crippen MR) is 104 cm³/mol. The standard InChI is InChI=1S/C21H20N2O5/c1-3-27-19-10-5-4-9-18(19)23-20(24)14-28-21(25)16(13-22)11-15-7-6-8-17(12-15)26-2/h4-12H,3,14H2,1-2H3,(H,23,24)/b16-11+. The van der Waals surface area contributed by atoms with Gasteiger partial charge in [0.25, 0.3) is 5.91 Å². The lowest BCUT2D eigenvalue weighted by Gasteiger charge is -2.11. The molecule has 144 valence electrons. The molecule has 0 aliphatic heterocycles. The van der Waals surface area contributed by atoms with Crippen molar-refractivity contribution in [3.8, 4) is 17.6 Å². The minimum Gasteiger partial charge on any atom is -0.497 e. The first kappa shape index (κ1) is 20.5. The maximum Gasteiger partial charge on any atom is 0.349 e. The second-order valence-electron chi connectivity index (χ2n) is 5.50. The highest BCUT2D eigenvalue weighted by molar-refractivity contribution is 6.00. The Morgan fingerprint density at radius 2 is 1.96 bits per heavy atom. The van der Waals surface area contributed by atoms with Gasteiger partial charge in [-0.3, -0.25) is 4.79 Å². The molecule has 0 bridgehead atoms. The summed E-state index contributed by atoms with van der Waals surface area (Å²) in [5.41, 5.74) is 0.844. The maximum atomic E-state index is 12.1. The van der Waals surface area contributed by atoms with Gasteiger partial charge >= 0.3 is 5.97 Å². The number of nitrogens with zero attached hydrogens (tertiary/aromatic N) is 1. The molecule has 1 amide bonds. The summed E-state index contributed by atoms with van der Waals surface area (Å²) in [4.78, 5) is 24.2. The summed E-state index contributed by atoms with van der Waals surface area (Å²) in [6, 6.07) is 15.6. The van der Waals surface area contributed by atoms with Gasteiger partial charge in [0.1, 0.15) is 23.1 Å². The van der Waals surface area contributed by atoms with Gasteiger partial charge in [0.2, 0.25) is 0 Å². The zero-order chi connectivity index (χ0) is 20.4. The van der Waals surface area contributed by atoms with Gasteiger partial charge in [-0.25, -0.2) is 4.79 Å². The lowest BCUT2D eigenvalue weighted by atomic mass is 10.1. The second kappa shape index (κ2) is 10.4. The molecule has 1 N–H and O–H groups in total. The van der Waals surface area contributed by atoms with Gasteiger partial charge in [0.05, 0.1) is 19.4 Å². The molecule has 0 heterocycles. The van der Waals surface area contributed by atoms with Crippen LogP contribution in [0.2, 0.25) is 0 Å². The van der Waals surface area contributed by atoms with Crippen LogP contribution in [0.4, 0.5) is 5.69 Å². The van der Waals surface area contributed by atoms with Crippen LogP contribution in [0.5, 0.6) is 11.5 Å². The molecule has 0 fully saturated rings. The fourth-order valence-electron chi connectivity index (χ4n) is 2.28. The number of amides is 1. The molecule has 2 rings (SSSR count). The van der Waals surface area contributed by atoms with E-state index in [1.807, 2.05) is 6.92 Å². The van der Waals surface area contributed by atoms with Gasteiger partial charge in [0.15, 0.2) is 6.61 Å². The average molecular weight is 380 g/mol. The molecule has 0 saturated heterocycles. The summed E-state index contributed by atoms with van der Waals surface area (Å²) >= 11 is 0. The van der Waals surface area contributed by atoms with Crippen molar-refractivity contribution in [2.45, 2.75) is 6.92 Å². The van der Waals surface area contributed by atoms with Gasteiger partial charge < -0.3 is 19.5 Å². The maximum absolute atomic E-state index is 12.1. The largest absolute Gasteiger partial charge is 0.497 e. The second-order valence-corrected chi connectivity index (χ2v) is 5.50. The van der Waals surface area contributed by atoms with Crippen molar-refractivity contribution in [2.24, 2.45) is 0 Å². The first-order chi connectivity index (χ1) is 13.6. The summed E-state index contributed by atoms with van der Waals surface area (Å²) in [6.07, 6.45) is 1.37. The molecular weight excluding hydrogens is 360 g/mol. The van der Waals surface area contributed by atoms with Gasteiger partial charge in [-0.1, -0.05) is 24.3 Å². The predicted octanol–water partition coefficient (Wildman–Crippen LogP) is 3.18. The number of nitrogens with one attached hydrogen (secondary N) is 1. The zero-order valence-corrected chi connectivity index (χ0v) is 15.6. The summed E-state index contributed by atoms with van der Waals surface area (Å²) < 4.78 is 15.5. The lowest BCUT2D eigenvalue weighted by molar-refractivity contribution is -0.142. The van der Waals surface area contributed by atoms with E-state index in [0.717, 1.165) is 0 Å². The van der Waals surface area contributed by atoms with Crippen LogP contribution in [0.25, 0.3) is 6.08 Å². The van der Waals surface area contributed by atoms with E-state index in [-0.39, 0.29) is 5.57 Å². The third-order valence-electron chi connectivity index (χ3n) is 3.54. The quantitative estimate of drug-likeness (QED) is 0.429. The fourth-order valence-corrected chi connectivity index (χ4v) is 2.28. The Balaban J connectivity index is 1.99. The van der Waals surface area contributed by atoms with Crippen molar-refractivity contribution in [1.29, 1.82) is 5.26 Å². The average Bonchev–Trinajstić information content (AvgIpc) is 2.72. The number of rotatable bonds is 8. The molecule has 7 nitrogen and oxygen atoms in total. The Morgan fingerprint density at radius 1 is 1.18 bits per heavy atom. The Morgan fingerprint density at radius 3 is 2.68 bits per heavy atom. The Labute approximate surface area is 163 Å². The first-order valence-corrected chi connectivity index (χ1v) is 8.52. The highest BCUT2D eigenvalue weighted by Crippen LogP contribution is 2.23. The number of benzene rings is 2. The van der Waals surface area contributed by atoms with E-state index in [1.54, 1.807) is 54.6 Å². The van der Waals surface area contributed by atoms with E-state index in [0.29, 0.717) is 29.4 Å². The number of esters is 1. The van der Waals surface area contributed by atoms with Crippen LogP contribution in [0.3, 0.4) is 0 Å². The van der Waals surface area contributed by atoms with Gasteiger partial charge in [-0.15, -0.1) is 0 Å². The van der Waals surface area contributed by atoms with Crippen molar-refractivity contribution in [3.63, 3.8) is 0 Å². The number of hydrogen-bond donors (Lipinski definition) is 1. The molecule has 0 aromatic heterocycles. The van der Waals surface area contributed by atoms with Crippen molar-refractivity contribution < 1.29 is 23.8 Å². The number of hydrogen-bond acceptors (Lipinski definition) is 6. The highest BCUT2D eigenvalue weighted by atomic mass is 16.5. The van der Waals surface area contributed by atoms with E-state index in [4.69, 9.17) is 14.2 Å². The van der Waals surface area contributed by atoms with Crippen LogP contribution in [0.1, 0.15) is 12.5 Å². The van der Waals surface area contributed by atoms with E-state index >= 15 is 0 Å². The van der Waals surface area contributed by atoms with E-state index in [2.05, 4.69) is 5.32 Å². The lowest BCUT2D eigenvalue weighted by Crippen LogP contribution is -2.21. The van der Waals surface area contributed by atoms with Gasteiger partial charge in [0, 0.05) is 0 Å². The molecule has 0 aliphatic carbocycles. The van der Waals surface area contributed by atoms with Crippen LogP contribution >= 0.6 is 0 Å². The van der Waals surface area contributed by atoms with Gasteiger partial charge in [-0.05, 0) is 42.8 Å². The third-order valence-corrected chi connectivity index (χ3v) is 3.54. The molecule has 28 heavy (non-hydrogen) atoms. The van der Waals surface area contributed by atoms with Crippen LogP contribution in [-0.4, -0.2) is 32.2 Å². The smallest absolute Gasteiger partial charge is 0.349 e. The highest BCUT2D eigenvalue weighted by Gasteiger charge is 2.14. The zero-order valence-electron chi connectivity index (χ0n) is 15.6. The minimum atomic E-state index is -0.890. The Kier molecular flexibility index (Phi) is 7.61. The summed E-state index contributed by atoms with van der Waals surface area (Å²) in [6.45, 7) is 1.75. The normalized spacial score (nSPS) is 10.5.